The number of aliphatic carboxylic acids is 1. The summed E-state index contributed by atoms with van der Waals surface area (Å²) in [5, 5.41) is 8.76. The Morgan fingerprint density at radius 3 is 2.68 bits per heavy atom. The zero-order valence-electron chi connectivity index (χ0n) is 11.6. The van der Waals surface area contributed by atoms with Crippen LogP contribution in [0.15, 0.2) is 0 Å². The van der Waals surface area contributed by atoms with Gasteiger partial charge in [0.05, 0.1) is 6.54 Å². The van der Waals surface area contributed by atoms with Gasteiger partial charge in [-0.3, -0.25) is 14.5 Å². The van der Waals surface area contributed by atoms with Crippen molar-refractivity contribution in [2.45, 2.75) is 26.2 Å². The fourth-order valence-corrected chi connectivity index (χ4v) is 2.20. The predicted octanol–water partition coefficient (Wildman–Crippen LogP) is 0.422. The van der Waals surface area contributed by atoms with Crippen molar-refractivity contribution in [3.05, 3.63) is 0 Å². The quantitative estimate of drug-likeness (QED) is 0.680. The van der Waals surface area contributed by atoms with E-state index in [-0.39, 0.29) is 12.5 Å². The van der Waals surface area contributed by atoms with Crippen LogP contribution in [0.2, 0.25) is 0 Å². The van der Waals surface area contributed by atoms with Crippen molar-refractivity contribution >= 4 is 11.9 Å². The lowest BCUT2D eigenvalue weighted by molar-refractivity contribution is -0.138. The molecule has 0 aliphatic carbocycles. The molecule has 0 aromatic heterocycles. The van der Waals surface area contributed by atoms with Crippen LogP contribution in [-0.4, -0.2) is 72.7 Å². The van der Waals surface area contributed by atoms with Gasteiger partial charge in [0.25, 0.3) is 0 Å². The second kappa shape index (κ2) is 8.87. The molecule has 19 heavy (non-hydrogen) atoms. The molecule has 1 rings (SSSR count). The summed E-state index contributed by atoms with van der Waals surface area (Å²) in [7, 11) is 0. The molecule has 1 N–H and O–H groups in total. The highest BCUT2D eigenvalue weighted by Gasteiger charge is 2.19. The molecule has 1 amide bonds. The number of carbonyl (C=O) groups excluding carboxylic acids is 1. The van der Waals surface area contributed by atoms with Crippen molar-refractivity contribution < 1.29 is 19.4 Å². The van der Waals surface area contributed by atoms with Crippen LogP contribution in [0.1, 0.15) is 26.2 Å². The van der Waals surface area contributed by atoms with Gasteiger partial charge in [-0.25, -0.2) is 0 Å². The predicted molar refractivity (Wildman–Crippen MR) is 71.0 cm³/mol. The normalized spacial score (nSPS) is 17.2. The first-order valence-corrected chi connectivity index (χ1v) is 6.93. The van der Waals surface area contributed by atoms with E-state index in [1.807, 2.05) is 16.7 Å². The van der Waals surface area contributed by atoms with Crippen LogP contribution in [-0.2, 0) is 14.3 Å². The van der Waals surface area contributed by atoms with Gasteiger partial charge in [-0.05, 0) is 19.8 Å². The summed E-state index contributed by atoms with van der Waals surface area (Å²) in [6.45, 7) is 6.05. The lowest BCUT2D eigenvalue weighted by Crippen LogP contribution is -2.36. The molecule has 0 bridgehead atoms. The maximum absolute atomic E-state index is 12.0. The lowest BCUT2D eigenvalue weighted by Gasteiger charge is -2.21. The molecule has 0 aromatic carbocycles. The molecule has 0 radical (unpaired) electrons. The van der Waals surface area contributed by atoms with Crippen LogP contribution in [0.5, 0.6) is 0 Å². The number of rotatable bonds is 7. The molecule has 110 valence electrons. The summed E-state index contributed by atoms with van der Waals surface area (Å²) in [4.78, 5) is 26.4. The van der Waals surface area contributed by atoms with Crippen molar-refractivity contribution in [2.75, 3.05) is 45.9 Å². The third-order valence-electron chi connectivity index (χ3n) is 3.18. The number of hydrogen-bond donors (Lipinski definition) is 1. The van der Waals surface area contributed by atoms with Gasteiger partial charge in [0.2, 0.25) is 5.91 Å². The zero-order chi connectivity index (χ0) is 14.1. The van der Waals surface area contributed by atoms with E-state index in [1.54, 1.807) is 0 Å². The van der Waals surface area contributed by atoms with E-state index in [0.717, 1.165) is 25.9 Å². The van der Waals surface area contributed by atoms with Gasteiger partial charge in [-0.2, -0.15) is 0 Å². The number of ether oxygens (including phenoxy) is 1. The number of carboxylic acid groups (broad SMARTS) is 1. The highest BCUT2D eigenvalue weighted by atomic mass is 16.5. The van der Waals surface area contributed by atoms with Gasteiger partial charge in [-0.15, -0.1) is 0 Å². The molecule has 0 saturated carbocycles. The van der Waals surface area contributed by atoms with Crippen LogP contribution in [0.3, 0.4) is 0 Å². The van der Waals surface area contributed by atoms with E-state index in [4.69, 9.17) is 9.84 Å². The smallest absolute Gasteiger partial charge is 0.317 e. The number of carboxylic acids is 1. The molecule has 6 heteroatoms. The van der Waals surface area contributed by atoms with Gasteiger partial charge >= 0.3 is 5.97 Å². The number of amides is 1. The van der Waals surface area contributed by atoms with Gasteiger partial charge in [-0.1, -0.05) is 0 Å². The van der Waals surface area contributed by atoms with Crippen molar-refractivity contribution in [2.24, 2.45) is 0 Å². The Labute approximate surface area is 114 Å². The third-order valence-corrected chi connectivity index (χ3v) is 3.18. The monoisotopic (exact) mass is 272 g/mol. The third kappa shape index (κ3) is 6.54. The molecule has 1 fully saturated rings. The highest BCUT2D eigenvalue weighted by molar-refractivity contribution is 5.76. The Hall–Kier alpha value is -1.14. The first-order chi connectivity index (χ1) is 9.13. The average molecular weight is 272 g/mol. The fourth-order valence-electron chi connectivity index (χ4n) is 2.20. The zero-order valence-corrected chi connectivity index (χ0v) is 11.6. The molecule has 6 nitrogen and oxygen atoms in total. The summed E-state index contributed by atoms with van der Waals surface area (Å²) >= 11 is 0. The molecule has 1 aliphatic rings. The molecule has 1 heterocycles. The van der Waals surface area contributed by atoms with E-state index in [0.29, 0.717) is 32.7 Å². The number of carbonyl (C=O) groups is 2. The number of hydrogen-bond acceptors (Lipinski definition) is 4. The van der Waals surface area contributed by atoms with Crippen molar-refractivity contribution in [1.29, 1.82) is 0 Å². The maximum Gasteiger partial charge on any atom is 0.317 e. The van der Waals surface area contributed by atoms with E-state index >= 15 is 0 Å². The minimum atomic E-state index is -0.809. The molecule has 1 aliphatic heterocycles. The SMILES string of the molecule is CCOCCCC(=O)N1CCCN(CC(=O)O)CC1. The minimum Gasteiger partial charge on any atom is -0.480 e. The molecule has 0 atom stereocenters. The van der Waals surface area contributed by atoms with E-state index in [1.165, 1.54) is 0 Å². The second-order valence-electron chi connectivity index (χ2n) is 4.70. The highest BCUT2D eigenvalue weighted by Crippen LogP contribution is 2.06. The van der Waals surface area contributed by atoms with Crippen molar-refractivity contribution in [3.63, 3.8) is 0 Å². The van der Waals surface area contributed by atoms with E-state index < -0.39 is 5.97 Å². The number of nitrogens with zero attached hydrogens (tertiary/aromatic N) is 2. The molecular weight excluding hydrogens is 248 g/mol. The van der Waals surface area contributed by atoms with Crippen LogP contribution in [0.25, 0.3) is 0 Å². The largest absolute Gasteiger partial charge is 0.480 e. The standard InChI is InChI=1S/C13H24N2O4/c1-2-19-10-3-5-12(16)15-7-4-6-14(8-9-15)11-13(17)18/h2-11H2,1H3,(H,17,18). The topological polar surface area (TPSA) is 70.1 Å². The maximum atomic E-state index is 12.0. The summed E-state index contributed by atoms with van der Waals surface area (Å²) in [6, 6.07) is 0. The summed E-state index contributed by atoms with van der Waals surface area (Å²) in [6.07, 6.45) is 2.10. The molecule has 0 unspecified atom stereocenters. The lowest BCUT2D eigenvalue weighted by atomic mass is 10.2. The Morgan fingerprint density at radius 1 is 1.21 bits per heavy atom. The van der Waals surface area contributed by atoms with Gasteiger partial charge < -0.3 is 14.7 Å². The Kier molecular flexibility index (Phi) is 7.43. The van der Waals surface area contributed by atoms with Crippen LogP contribution < -0.4 is 0 Å². The summed E-state index contributed by atoms with van der Waals surface area (Å²) in [5.74, 6) is -0.659. The Bertz CT molecular complexity index is 296. The van der Waals surface area contributed by atoms with E-state index in [9.17, 15) is 9.59 Å². The van der Waals surface area contributed by atoms with Crippen LogP contribution in [0, 0.1) is 0 Å². The summed E-state index contributed by atoms with van der Waals surface area (Å²) in [5.41, 5.74) is 0. The van der Waals surface area contributed by atoms with Gasteiger partial charge in [0.1, 0.15) is 0 Å². The van der Waals surface area contributed by atoms with Gasteiger partial charge in [0.15, 0.2) is 0 Å². The first kappa shape index (κ1) is 15.9. The Balaban J connectivity index is 2.27. The Morgan fingerprint density at radius 2 is 2.00 bits per heavy atom. The minimum absolute atomic E-state index is 0.0619. The van der Waals surface area contributed by atoms with Crippen LogP contribution in [0.4, 0.5) is 0 Å². The molecule has 1 saturated heterocycles. The molecular formula is C13H24N2O4. The second-order valence-corrected chi connectivity index (χ2v) is 4.70. The molecule has 0 spiro atoms. The molecule has 0 aromatic rings. The van der Waals surface area contributed by atoms with Crippen molar-refractivity contribution in [3.8, 4) is 0 Å². The van der Waals surface area contributed by atoms with Crippen molar-refractivity contribution in [1.82, 2.24) is 9.80 Å². The van der Waals surface area contributed by atoms with Gasteiger partial charge in [0, 0.05) is 45.8 Å². The van der Waals surface area contributed by atoms with E-state index in [2.05, 4.69) is 0 Å². The van der Waals surface area contributed by atoms with Crippen LogP contribution >= 0.6 is 0 Å². The average Bonchev–Trinajstić information content (AvgIpc) is 2.59. The first-order valence-electron chi connectivity index (χ1n) is 6.93. The fraction of sp³-hybridized carbons (Fsp3) is 0.846. The summed E-state index contributed by atoms with van der Waals surface area (Å²) < 4.78 is 5.21.